The van der Waals surface area contributed by atoms with Gasteiger partial charge in [0.2, 0.25) is 0 Å². The van der Waals surface area contributed by atoms with E-state index in [1.165, 1.54) is 5.56 Å². The van der Waals surface area contributed by atoms with E-state index in [0.29, 0.717) is 12.0 Å². The zero-order chi connectivity index (χ0) is 18.5. The Labute approximate surface area is 153 Å². The summed E-state index contributed by atoms with van der Waals surface area (Å²) in [5.41, 5.74) is 2.70. The number of fused-ring (bicyclic) bond motifs is 1. The average Bonchev–Trinajstić information content (AvgIpc) is 2.96. The number of phenols is 1. The summed E-state index contributed by atoms with van der Waals surface area (Å²) >= 11 is 0. The number of hydrogen-bond donors (Lipinski definition) is 2. The van der Waals surface area contributed by atoms with E-state index in [1.807, 2.05) is 6.07 Å². The number of hydrogen-bond acceptors (Lipinski definition) is 4. The number of nitrogens with zero attached hydrogens (tertiary/aromatic N) is 1. The van der Waals surface area contributed by atoms with E-state index < -0.39 is 11.7 Å². The number of Topliss-reactive ketones (excluding diaryl/α,β-unsaturated/α-hetero) is 1. The Morgan fingerprint density at radius 3 is 2.42 bits per heavy atom. The number of carbonyl (C=O) groups is 2. The number of rotatable bonds is 8. The van der Waals surface area contributed by atoms with E-state index in [9.17, 15) is 14.7 Å². The Balaban J connectivity index is 1.67. The molecule has 3 rings (SSSR count). The van der Waals surface area contributed by atoms with Crippen molar-refractivity contribution in [2.45, 2.75) is 26.2 Å². The van der Waals surface area contributed by atoms with Crippen molar-refractivity contribution in [1.82, 2.24) is 4.90 Å². The van der Waals surface area contributed by atoms with Gasteiger partial charge in [-0.15, -0.1) is 0 Å². The zero-order valence-corrected chi connectivity index (χ0v) is 15.0. The molecule has 1 heterocycles. The van der Waals surface area contributed by atoms with Crippen molar-refractivity contribution in [2.24, 2.45) is 0 Å². The van der Waals surface area contributed by atoms with Crippen molar-refractivity contribution in [2.75, 3.05) is 25.0 Å². The molecular formula is C21H24N2O3. The summed E-state index contributed by atoms with van der Waals surface area (Å²) in [6.07, 6.45) is 2.70. The Morgan fingerprint density at radius 1 is 0.962 bits per heavy atom. The third kappa shape index (κ3) is 3.94. The van der Waals surface area contributed by atoms with Gasteiger partial charge in [-0.3, -0.25) is 9.59 Å². The van der Waals surface area contributed by atoms with Crippen LogP contribution >= 0.6 is 0 Å². The molecule has 1 amide bonds. The van der Waals surface area contributed by atoms with Crippen molar-refractivity contribution < 1.29 is 14.7 Å². The molecule has 0 bridgehead atoms. The molecule has 0 radical (unpaired) electrons. The second-order valence-corrected chi connectivity index (χ2v) is 6.60. The molecule has 0 atom stereocenters. The van der Waals surface area contributed by atoms with Gasteiger partial charge >= 0.3 is 0 Å². The van der Waals surface area contributed by atoms with Gasteiger partial charge in [0.25, 0.3) is 11.7 Å². The number of amides is 1. The fourth-order valence-electron chi connectivity index (χ4n) is 3.37. The van der Waals surface area contributed by atoms with Crippen molar-refractivity contribution in [3.05, 3.63) is 59.2 Å². The molecule has 1 aliphatic heterocycles. The van der Waals surface area contributed by atoms with Gasteiger partial charge in [-0.25, -0.2) is 0 Å². The van der Waals surface area contributed by atoms with Crippen LogP contribution in [0.15, 0.2) is 42.5 Å². The van der Waals surface area contributed by atoms with Crippen LogP contribution in [0.2, 0.25) is 0 Å². The highest BCUT2D eigenvalue weighted by Gasteiger charge is 2.32. The molecule has 0 saturated heterocycles. The average molecular weight is 352 g/mol. The molecular weight excluding hydrogens is 328 g/mol. The number of benzene rings is 2. The lowest BCUT2D eigenvalue weighted by Gasteiger charge is -2.22. The van der Waals surface area contributed by atoms with Crippen LogP contribution in [-0.4, -0.2) is 41.3 Å². The summed E-state index contributed by atoms with van der Waals surface area (Å²) in [6.45, 7) is 4.89. The van der Waals surface area contributed by atoms with Gasteiger partial charge in [-0.2, -0.15) is 0 Å². The molecule has 2 aromatic carbocycles. The lowest BCUT2D eigenvalue weighted by atomic mass is 10.00. The second kappa shape index (κ2) is 8.15. The second-order valence-electron chi connectivity index (χ2n) is 6.60. The fourth-order valence-corrected chi connectivity index (χ4v) is 3.37. The van der Waals surface area contributed by atoms with Crippen molar-refractivity contribution >= 4 is 17.4 Å². The van der Waals surface area contributed by atoms with Gasteiger partial charge in [0, 0.05) is 13.1 Å². The third-order valence-corrected chi connectivity index (χ3v) is 4.74. The number of nitrogens with one attached hydrogen (secondary N) is 1. The molecule has 0 aromatic heterocycles. The minimum Gasteiger partial charge on any atom is -0.506 e. The molecule has 26 heavy (non-hydrogen) atoms. The molecule has 0 aliphatic carbocycles. The minimum atomic E-state index is -0.669. The summed E-state index contributed by atoms with van der Waals surface area (Å²) in [4.78, 5) is 26.1. The zero-order valence-electron chi connectivity index (χ0n) is 15.0. The molecule has 0 unspecified atom stereocenters. The van der Waals surface area contributed by atoms with E-state index in [2.05, 4.69) is 41.4 Å². The highest BCUT2D eigenvalue weighted by Crippen LogP contribution is 2.35. The van der Waals surface area contributed by atoms with Crippen molar-refractivity contribution in [3.63, 3.8) is 0 Å². The number of phenolic OH excluding ortho intramolecular Hbond substituents is 1. The predicted molar refractivity (Wildman–Crippen MR) is 102 cm³/mol. The van der Waals surface area contributed by atoms with E-state index >= 15 is 0 Å². The SMILES string of the molecule is CCCN(CCc1ccccc1)CCc1ccc(O)c2c1C(=O)C(=O)N2. The van der Waals surface area contributed by atoms with E-state index in [0.717, 1.165) is 38.0 Å². The van der Waals surface area contributed by atoms with Gasteiger partial charge in [0.1, 0.15) is 5.75 Å². The Kier molecular flexibility index (Phi) is 5.68. The molecule has 0 spiro atoms. The van der Waals surface area contributed by atoms with Gasteiger partial charge < -0.3 is 15.3 Å². The summed E-state index contributed by atoms with van der Waals surface area (Å²) in [5, 5.41) is 12.3. The van der Waals surface area contributed by atoms with Crippen LogP contribution in [0.5, 0.6) is 5.75 Å². The summed E-state index contributed by atoms with van der Waals surface area (Å²) in [5.74, 6) is -1.29. The predicted octanol–water partition coefficient (Wildman–Crippen LogP) is 3.02. The van der Waals surface area contributed by atoms with Crippen LogP contribution < -0.4 is 5.32 Å². The summed E-state index contributed by atoms with van der Waals surface area (Å²) in [6, 6.07) is 13.7. The first-order valence-electron chi connectivity index (χ1n) is 9.07. The third-order valence-electron chi connectivity index (χ3n) is 4.74. The molecule has 136 valence electrons. The molecule has 5 heteroatoms. The smallest absolute Gasteiger partial charge is 0.296 e. The van der Waals surface area contributed by atoms with Crippen LogP contribution in [-0.2, 0) is 17.6 Å². The molecule has 0 saturated carbocycles. The normalized spacial score (nSPS) is 13.2. The fraction of sp³-hybridized carbons (Fsp3) is 0.333. The lowest BCUT2D eigenvalue weighted by Crippen LogP contribution is -2.29. The van der Waals surface area contributed by atoms with Crippen molar-refractivity contribution in [1.29, 1.82) is 0 Å². The van der Waals surface area contributed by atoms with Crippen LogP contribution in [0.25, 0.3) is 0 Å². The first kappa shape index (κ1) is 18.1. The van der Waals surface area contributed by atoms with E-state index in [-0.39, 0.29) is 11.4 Å². The summed E-state index contributed by atoms with van der Waals surface area (Å²) in [7, 11) is 0. The first-order valence-corrected chi connectivity index (χ1v) is 9.07. The quantitative estimate of drug-likeness (QED) is 0.566. The topological polar surface area (TPSA) is 69.6 Å². The van der Waals surface area contributed by atoms with Crippen LogP contribution in [0.3, 0.4) is 0 Å². The Morgan fingerprint density at radius 2 is 1.69 bits per heavy atom. The number of carbonyl (C=O) groups excluding carboxylic acids is 2. The number of aromatic hydroxyl groups is 1. The van der Waals surface area contributed by atoms with Gasteiger partial charge in [0.15, 0.2) is 0 Å². The maximum Gasteiger partial charge on any atom is 0.296 e. The Hall–Kier alpha value is -2.66. The van der Waals surface area contributed by atoms with Crippen LogP contribution in [0.4, 0.5) is 5.69 Å². The number of anilines is 1. The van der Waals surface area contributed by atoms with E-state index in [1.54, 1.807) is 12.1 Å². The van der Waals surface area contributed by atoms with Crippen molar-refractivity contribution in [3.8, 4) is 5.75 Å². The van der Waals surface area contributed by atoms with Gasteiger partial charge in [-0.05, 0) is 43.0 Å². The largest absolute Gasteiger partial charge is 0.506 e. The van der Waals surface area contributed by atoms with Gasteiger partial charge in [-0.1, -0.05) is 43.3 Å². The lowest BCUT2D eigenvalue weighted by molar-refractivity contribution is -0.112. The Bertz CT molecular complexity index is 802. The molecule has 5 nitrogen and oxygen atoms in total. The minimum absolute atomic E-state index is 0.0579. The maximum absolute atomic E-state index is 12.1. The first-order chi connectivity index (χ1) is 12.6. The summed E-state index contributed by atoms with van der Waals surface area (Å²) < 4.78 is 0. The van der Waals surface area contributed by atoms with E-state index in [4.69, 9.17) is 0 Å². The molecule has 2 N–H and O–H groups in total. The standard InChI is InChI=1S/C21H24N2O3/c1-2-12-23(13-10-15-6-4-3-5-7-15)14-11-16-8-9-17(24)19-18(16)20(25)21(26)22-19/h3-9,24H,2,10-14H2,1H3,(H,22,25,26). The molecule has 2 aromatic rings. The van der Waals surface area contributed by atoms with Gasteiger partial charge in [0.05, 0.1) is 11.3 Å². The highest BCUT2D eigenvalue weighted by molar-refractivity contribution is 6.52. The van der Waals surface area contributed by atoms with Crippen LogP contribution in [0, 0.1) is 0 Å². The number of ketones is 1. The van der Waals surface area contributed by atoms with Crippen LogP contribution in [0.1, 0.15) is 34.8 Å². The maximum atomic E-state index is 12.1. The molecule has 0 fully saturated rings. The molecule has 1 aliphatic rings. The highest BCUT2D eigenvalue weighted by atomic mass is 16.3. The monoisotopic (exact) mass is 352 g/mol.